The summed E-state index contributed by atoms with van der Waals surface area (Å²) >= 11 is 0. The van der Waals surface area contributed by atoms with Gasteiger partial charge >= 0.3 is 0 Å². The van der Waals surface area contributed by atoms with E-state index in [9.17, 15) is 0 Å². The molecule has 0 saturated heterocycles. The van der Waals surface area contributed by atoms with Crippen molar-refractivity contribution in [2.24, 2.45) is 5.73 Å². The lowest BCUT2D eigenvalue weighted by atomic mass is 9.93. The molecule has 0 aliphatic heterocycles. The first-order chi connectivity index (χ1) is 8.91. The molecule has 1 atom stereocenters. The van der Waals surface area contributed by atoms with Crippen LogP contribution in [0.4, 0.5) is 0 Å². The zero-order chi connectivity index (χ0) is 14.0. The van der Waals surface area contributed by atoms with E-state index in [-0.39, 0.29) is 11.6 Å². The van der Waals surface area contributed by atoms with Crippen LogP contribution in [0.5, 0.6) is 0 Å². The molecule has 19 heavy (non-hydrogen) atoms. The van der Waals surface area contributed by atoms with Crippen LogP contribution in [-0.4, -0.2) is 17.7 Å². The molecule has 2 N–H and O–H groups in total. The molecule has 0 amide bonds. The normalized spacial score (nSPS) is 13.7. The zero-order valence-electron chi connectivity index (χ0n) is 12.1. The van der Waals surface area contributed by atoms with Gasteiger partial charge in [-0.15, -0.1) is 0 Å². The number of ether oxygens (including phenoxy) is 1. The molecule has 3 heteroatoms. The summed E-state index contributed by atoms with van der Waals surface area (Å²) in [5.41, 5.74) is 9.24. The average molecular weight is 258 g/mol. The fourth-order valence-electron chi connectivity index (χ4n) is 2.21. The minimum atomic E-state index is -0.208. The van der Waals surface area contributed by atoms with Gasteiger partial charge in [-0.2, -0.15) is 0 Å². The molecule has 0 bridgehead atoms. The Morgan fingerprint density at radius 3 is 2.68 bits per heavy atom. The number of nitrogens with zero attached hydrogens (tertiary/aromatic N) is 1. The number of benzene rings is 1. The summed E-state index contributed by atoms with van der Waals surface area (Å²) in [7, 11) is 1.72. The van der Waals surface area contributed by atoms with Gasteiger partial charge in [0.2, 0.25) is 0 Å². The Kier molecular flexibility index (Phi) is 3.88. The molecule has 2 aromatic rings. The molecule has 1 unspecified atom stereocenters. The lowest BCUT2D eigenvalue weighted by Gasteiger charge is -2.26. The first-order valence-electron chi connectivity index (χ1n) is 6.59. The van der Waals surface area contributed by atoms with Crippen LogP contribution in [0, 0.1) is 6.92 Å². The molecule has 0 aliphatic rings. The summed E-state index contributed by atoms with van der Waals surface area (Å²) in [6, 6.07) is 10.3. The van der Waals surface area contributed by atoms with Gasteiger partial charge in [0.15, 0.2) is 0 Å². The van der Waals surface area contributed by atoms with Crippen molar-refractivity contribution < 1.29 is 4.74 Å². The second kappa shape index (κ2) is 5.27. The molecule has 0 spiro atoms. The van der Waals surface area contributed by atoms with E-state index < -0.39 is 0 Å². The summed E-state index contributed by atoms with van der Waals surface area (Å²) in [5.74, 6) is 0. The van der Waals surface area contributed by atoms with Gasteiger partial charge in [-0.3, -0.25) is 4.98 Å². The van der Waals surface area contributed by atoms with Crippen LogP contribution < -0.4 is 5.73 Å². The SMILES string of the molecule is COC(C)(C)CC(N)c1ccc2nc(C)ccc2c1. The van der Waals surface area contributed by atoms with Crippen molar-refractivity contribution in [2.75, 3.05) is 7.11 Å². The smallest absolute Gasteiger partial charge is 0.0705 e. The van der Waals surface area contributed by atoms with Gasteiger partial charge in [0.05, 0.1) is 11.1 Å². The van der Waals surface area contributed by atoms with Gasteiger partial charge < -0.3 is 10.5 Å². The van der Waals surface area contributed by atoms with E-state index in [1.165, 1.54) is 0 Å². The van der Waals surface area contributed by atoms with Gasteiger partial charge in [-0.05, 0) is 51.0 Å². The monoisotopic (exact) mass is 258 g/mol. The highest BCUT2D eigenvalue weighted by Crippen LogP contribution is 2.26. The van der Waals surface area contributed by atoms with Crippen LogP contribution in [0.2, 0.25) is 0 Å². The van der Waals surface area contributed by atoms with Crippen molar-refractivity contribution in [3.63, 3.8) is 0 Å². The molecular formula is C16H22N2O. The largest absolute Gasteiger partial charge is 0.379 e. The fraction of sp³-hybridized carbons (Fsp3) is 0.438. The maximum Gasteiger partial charge on any atom is 0.0705 e. The van der Waals surface area contributed by atoms with E-state index in [4.69, 9.17) is 10.5 Å². The van der Waals surface area contributed by atoms with E-state index in [1.807, 2.05) is 19.1 Å². The zero-order valence-corrected chi connectivity index (χ0v) is 12.1. The lowest BCUT2D eigenvalue weighted by Crippen LogP contribution is -2.28. The highest BCUT2D eigenvalue weighted by atomic mass is 16.5. The Morgan fingerprint density at radius 2 is 2.00 bits per heavy atom. The Bertz CT molecular complexity index is 578. The molecule has 3 nitrogen and oxygen atoms in total. The van der Waals surface area contributed by atoms with Gasteiger partial charge in [0.25, 0.3) is 0 Å². The van der Waals surface area contributed by atoms with Crippen LogP contribution in [0.15, 0.2) is 30.3 Å². The number of rotatable bonds is 4. The summed E-state index contributed by atoms with van der Waals surface area (Å²) in [4.78, 5) is 4.50. The molecule has 1 aromatic heterocycles. The van der Waals surface area contributed by atoms with Crippen molar-refractivity contribution in [3.05, 3.63) is 41.6 Å². The predicted octanol–water partition coefficient (Wildman–Crippen LogP) is 3.36. The highest BCUT2D eigenvalue weighted by molar-refractivity contribution is 5.79. The summed E-state index contributed by atoms with van der Waals surface area (Å²) in [5, 5.41) is 1.13. The first-order valence-corrected chi connectivity index (χ1v) is 6.59. The van der Waals surface area contributed by atoms with Gasteiger partial charge in [0, 0.05) is 24.2 Å². The molecule has 1 heterocycles. The second-order valence-electron chi connectivity index (χ2n) is 5.68. The maximum atomic E-state index is 6.28. The molecule has 0 fully saturated rings. The average Bonchev–Trinajstić information content (AvgIpc) is 2.37. The topological polar surface area (TPSA) is 48.1 Å². The van der Waals surface area contributed by atoms with Crippen molar-refractivity contribution in [3.8, 4) is 0 Å². The Labute approximate surface area is 114 Å². The number of methoxy groups -OCH3 is 1. The molecule has 2 rings (SSSR count). The summed E-state index contributed by atoms with van der Waals surface area (Å²) in [6.45, 7) is 6.11. The van der Waals surface area contributed by atoms with E-state index >= 15 is 0 Å². The third-order valence-corrected chi connectivity index (χ3v) is 3.54. The highest BCUT2D eigenvalue weighted by Gasteiger charge is 2.21. The number of nitrogens with two attached hydrogens (primary N) is 1. The van der Waals surface area contributed by atoms with Crippen LogP contribution in [0.25, 0.3) is 10.9 Å². The number of hydrogen-bond donors (Lipinski definition) is 1. The third-order valence-electron chi connectivity index (χ3n) is 3.54. The minimum absolute atomic E-state index is 0.0272. The molecule has 102 valence electrons. The standard InChI is InChI=1S/C16H22N2O/c1-11-5-6-13-9-12(7-8-15(13)18-11)14(17)10-16(2,3)19-4/h5-9,14H,10,17H2,1-4H3. The lowest BCUT2D eigenvalue weighted by molar-refractivity contribution is 0.00996. The summed E-state index contributed by atoms with van der Waals surface area (Å²) < 4.78 is 5.44. The Hall–Kier alpha value is -1.45. The van der Waals surface area contributed by atoms with Crippen LogP contribution in [-0.2, 0) is 4.74 Å². The molecular weight excluding hydrogens is 236 g/mol. The van der Waals surface area contributed by atoms with E-state index in [1.54, 1.807) is 7.11 Å². The van der Waals surface area contributed by atoms with Crippen LogP contribution in [0.1, 0.15) is 37.6 Å². The number of pyridine rings is 1. The minimum Gasteiger partial charge on any atom is -0.379 e. The maximum absolute atomic E-state index is 6.28. The summed E-state index contributed by atoms with van der Waals surface area (Å²) in [6.07, 6.45) is 0.786. The predicted molar refractivity (Wildman–Crippen MR) is 79.1 cm³/mol. The molecule has 0 aliphatic carbocycles. The number of fused-ring (bicyclic) bond motifs is 1. The van der Waals surface area contributed by atoms with Crippen LogP contribution in [0.3, 0.4) is 0 Å². The molecule has 0 saturated carbocycles. The number of aryl methyl sites for hydroxylation is 1. The van der Waals surface area contributed by atoms with Crippen molar-refractivity contribution >= 4 is 10.9 Å². The molecule has 1 aromatic carbocycles. The Balaban J connectivity index is 2.28. The number of aromatic nitrogens is 1. The second-order valence-corrected chi connectivity index (χ2v) is 5.68. The number of hydrogen-bond acceptors (Lipinski definition) is 3. The first kappa shape index (κ1) is 14.0. The van der Waals surface area contributed by atoms with E-state index in [0.717, 1.165) is 28.6 Å². The van der Waals surface area contributed by atoms with Gasteiger partial charge in [0.1, 0.15) is 0 Å². The quantitative estimate of drug-likeness (QED) is 0.914. The fourth-order valence-corrected chi connectivity index (χ4v) is 2.21. The van der Waals surface area contributed by atoms with Crippen LogP contribution >= 0.6 is 0 Å². The van der Waals surface area contributed by atoms with E-state index in [2.05, 4.69) is 37.0 Å². The van der Waals surface area contributed by atoms with Gasteiger partial charge in [-0.1, -0.05) is 12.1 Å². The van der Waals surface area contributed by atoms with Crippen molar-refractivity contribution in [1.29, 1.82) is 0 Å². The third kappa shape index (κ3) is 3.31. The van der Waals surface area contributed by atoms with E-state index in [0.29, 0.717) is 0 Å². The van der Waals surface area contributed by atoms with Crippen molar-refractivity contribution in [2.45, 2.75) is 38.8 Å². The Morgan fingerprint density at radius 1 is 1.26 bits per heavy atom. The van der Waals surface area contributed by atoms with Crippen molar-refractivity contribution in [1.82, 2.24) is 4.98 Å². The molecule has 0 radical (unpaired) electrons. The van der Waals surface area contributed by atoms with Gasteiger partial charge in [-0.25, -0.2) is 0 Å².